The second-order valence-electron chi connectivity index (χ2n) is 6.35. The summed E-state index contributed by atoms with van der Waals surface area (Å²) in [7, 11) is 0. The molecule has 154 valence electrons. The highest BCUT2D eigenvalue weighted by Crippen LogP contribution is 2.33. The lowest BCUT2D eigenvalue weighted by Crippen LogP contribution is -2.26. The molecule has 0 aromatic heterocycles. The van der Waals surface area contributed by atoms with Crippen LogP contribution in [0.5, 0.6) is 11.5 Å². The summed E-state index contributed by atoms with van der Waals surface area (Å²) >= 11 is 5.81. The van der Waals surface area contributed by atoms with E-state index in [0.717, 1.165) is 11.1 Å². The van der Waals surface area contributed by atoms with E-state index in [1.165, 1.54) is 18.2 Å². The Hall–Kier alpha value is -3.58. The zero-order chi connectivity index (χ0) is 21.3. The molecule has 30 heavy (non-hydrogen) atoms. The first-order valence-corrected chi connectivity index (χ1v) is 9.54. The number of amides is 1. The number of nitrogens with zero attached hydrogens (tertiary/aromatic N) is 1. The molecule has 0 aliphatic rings. The van der Waals surface area contributed by atoms with Gasteiger partial charge in [0.05, 0.1) is 4.92 Å². The van der Waals surface area contributed by atoms with Gasteiger partial charge < -0.3 is 14.8 Å². The molecule has 0 atom stereocenters. The smallest absolute Gasteiger partial charge is 0.407 e. The zero-order valence-corrected chi connectivity index (χ0v) is 16.7. The molecule has 0 radical (unpaired) electrons. The molecule has 3 aromatic rings. The Kier molecular flexibility index (Phi) is 7.24. The number of carbonyl (C=O) groups is 1. The maximum atomic E-state index is 11.8. The van der Waals surface area contributed by atoms with Gasteiger partial charge >= 0.3 is 11.8 Å². The van der Waals surface area contributed by atoms with Gasteiger partial charge in [0, 0.05) is 17.6 Å². The predicted molar refractivity (Wildman–Crippen MR) is 113 cm³/mol. The lowest BCUT2D eigenvalue weighted by Gasteiger charge is -2.09. The van der Waals surface area contributed by atoms with Crippen molar-refractivity contribution in [2.75, 3.05) is 6.54 Å². The first-order valence-electron chi connectivity index (χ1n) is 9.16. The van der Waals surface area contributed by atoms with Crippen molar-refractivity contribution in [3.63, 3.8) is 0 Å². The summed E-state index contributed by atoms with van der Waals surface area (Å²) in [5.74, 6) is 0.569. The van der Waals surface area contributed by atoms with E-state index >= 15 is 0 Å². The molecular weight excluding hydrogens is 408 g/mol. The summed E-state index contributed by atoms with van der Waals surface area (Å²) < 4.78 is 10.8. The largest absolute Gasteiger partial charge is 0.450 e. The van der Waals surface area contributed by atoms with Gasteiger partial charge in [0.1, 0.15) is 12.4 Å². The van der Waals surface area contributed by atoms with Gasteiger partial charge in [0.25, 0.3) is 0 Å². The van der Waals surface area contributed by atoms with Crippen LogP contribution < -0.4 is 10.1 Å². The van der Waals surface area contributed by atoms with Crippen LogP contribution in [0.2, 0.25) is 5.02 Å². The van der Waals surface area contributed by atoms with Crippen molar-refractivity contribution in [3.8, 4) is 11.5 Å². The van der Waals surface area contributed by atoms with E-state index in [9.17, 15) is 14.9 Å². The van der Waals surface area contributed by atoms with Gasteiger partial charge in [0.2, 0.25) is 5.75 Å². The molecule has 0 fully saturated rings. The average Bonchev–Trinajstić information content (AvgIpc) is 2.75. The van der Waals surface area contributed by atoms with E-state index in [2.05, 4.69) is 5.32 Å². The van der Waals surface area contributed by atoms with Crippen LogP contribution in [0.3, 0.4) is 0 Å². The first kappa shape index (κ1) is 21.1. The van der Waals surface area contributed by atoms with Crippen LogP contribution in [-0.4, -0.2) is 17.6 Å². The summed E-state index contributed by atoms with van der Waals surface area (Å²) in [5, 5.41) is 14.1. The summed E-state index contributed by atoms with van der Waals surface area (Å²) in [5.41, 5.74) is 1.69. The zero-order valence-electron chi connectivity index (χ0n) is 15.9. The van der Waals surface area contributed by atoms with E-state index in [-0.39, 0.29) is 23.1 Å². The third kappa shape index (κ3) is 6.22. The summed E-state index contributed by atoms with van der Waals surface area (Å²) in [4.78, 5) is 22.4. The van der Waals surface area contributed by atoms with E-state index in [4.69, 9.17) is 21.1 Å². The maximum Gasteiger partial charge on any atom is 0.407 e. The Morgan fingerprint density at radius 1 is 1.00 bits per heavy atom. The van der Waals surface area contributed by atoms with Crippen molar-refractivity contribution in [1.29, 1.82) is 0 Å². The molecule has 0 unspecified atom stereocenters. The Morgan fingerprint density at radius 3 is 2.43 bits per heavy atom. The summed E-state index contributed by atoms with van der Waals surface area (Å²) in [6.45, 7) is 0.631. The van der Waals surface area contributed by atoms with Crippen molar-refractivity contribution in [2.45, 2.75) is 13.0 Å². The van der Waals surface area contributed by atoms with Crippen LogP contribution in [0.4, 0.5) is 10.5 Å². The topological polar surface area (TPSA) is 90.7 Å². The summed E-state index contributed by atoms with van der Waals surface area (Å²) in [6, 6.07) is 20.7. The number of nitro groups is 1. The number of ether oxygens (including phenoxy) is 2. The van der Waals surface area contributed by atoms with Crippen molar-refractivity contribution < 1.29 is 19.2 Å². The molecule has 0 aliphatic heterocycles. The van der Waals surface area contributed by atoms with E-state index in [1.807, 2.05) is 42.5 Å². The normalized spacial score (nSPS) is 10.3. The molecule has 1 amide bonds. The van der Waals surface area contributed by atoms with E-state index in [1.54, 1.807) is 12.1 Å². The fourth-order valence-corrected chi connectivity index (χ4v) is 2.82. The lowest BCUT2D eigenvalue weighted by atomic mass is 10.1. The number of nitrogens with one attached hydrogen (secondary N) is 1. The third-order valence-corrected chi connectivity index (χ3v) is 4.40. The highest BCUT2D eigenvalue weighted by molar-refractivity contribution is 6.30. The van der Waals surface area contributed by atoms with Crippen LogP contribution in [0.15, 0.2) is 72.8 Å². The Balaban J connectivity index is 1.47. The maximum absolute atomic E-state index is 11.8. The molecule has 0 heterocycles. The van der Waals surface area contributed by atoms with Gasteiger partial charge in [-0.25, -0.2) is 4.79 Å². The molecule has 8 heteroatoms. The van der Waals surface area contributed by atoms with Gasteiger partial charge in [-0.1, -0.05) is 54.1 Å². The van der Waals surface area contributed by atoms with Gasteiger partial charge in [-0.05, 0) is 41.8 Å². The van der Waals surface area contributed by atoms with Crippen LogP contribution >= 0.6 is 11.6 Å². The second-order valence-corrected chi connectivity index (χ2v) is 6.79. The number of hydrogen-bond acceptors (Lipinski definition) is 5. The van der Waals surface area contributed by atoms with Crippen molar-refractivity contribution in [2.24, 2.45) is 0 Å². The minimum Gasteiger partial charge on any atom is -0.450 e. The van der Waals surface area contributed by atoms with Crippen LogP contribution in [-0.2, 0) is 17.8 Å². The Labute approximate surface area is 178 Å². The monoisotopic (exact) mass is 426 g/mol. The molecule has 0 bridgehead atoms. The molecule has 0 aliphatic carbocycles. The number of carbonyl (C=O) groups excluding carboxylic acids is 1. The minimum absolute atomic E-state index is 0.111. The fourth-order valence-electron chi connectivity index (χ4n) is 2.65. The van der Waals surface area contributed by atoms with Gasteiger partial charge in [-0.15, -0.1) is 0 Å². The SMILES string of the molecule is O=C(NCCc1ccc(Oc2ccc(Cl)cc2[N+](=O)[O-])cc1)OCc1ccccc1. The van der Waals surface area contributed by atoms with Crippen LogP contribution in [0, 0.1) is 10.1 Å². The molecule has 0 saturated carbocycles. The van der Waals surface area contributed by atoms with Crippen molar-refractivity contribution in [1.82, 2.24) is 5.32 Å². The average molecular weight is 427 g/mol. The molecule has 3 aromatic carbocycles. The van der Waals surface area contributed by atoms with E-state index in [0.29, 0.717) is 18.7 Å². The fraction of sp³-hybridized carbons (Fsp3) is 0.136. The number of benzene rings is 3. The predicted octanol–water partition coefficient (Wildman–Crippen LogP) is 5.51. The van der Waals surface area contributed by atoms with Crippen LogP contribution in [0.25, 0.3) is 0 Å². The number of hydrogen-bond donors (Lipinski definition) is 1. The third-order valence-electron chi connectivity index (χ3n) is 4.16. The van der Waals surface area contributed by atoms with Crippen molar-refractivity contribution >= 4 is 23.4 Å². The standard InChI is InChI=1S/C22H19ClN2O5/c23-18-8-11-21(20(14-18)25(27)28)30-19-9-6-16(7-10-19)12-13-24-22(26)29-15-17-4-2-1-3-5-17/h1-11,14H,12-13,15H2,(H,24,26). The van der Waals surface area contributed by atoms with E-state index < -0.39 is 11.0 Å². The number of rotatable bonds is 8. The van der Waals surface area contributed by atoms with Gasteiger partial charge in [0.15, 0.2) is 0 Å². The molecule has 0 saturated heterocycles. The summed E-state index contributed by atoms with van der Waals surface area (Å²) in [6.07, 6.45) is 0.121. The van der Waals surface area contributed by atoms with Gasteiger partial charge in [-0.2, -0.15) is 0 Å². The Morgan fingerprint density at radius 2 is 1.73 bits per heavy atom. The molecule has 7 nitrogen and oxygen atoms in total. The van der Waals surface area contributed by atoms with Crippen molar-refractivity contribution in [3.05, 3.63) is 99.1 Å². The number of nitro benzene ring substituents is 1. The molecule has 1 N–H and O–H groups in total. The van der Waals surface area contributed by atoms with Gasteiger partial charge in [-0.3, -0.25) is 10.1 Å². The second kappa shape index (κ2) is 10.3. The first-order chi connectivity index (χ1) is 14.5. The number of halogens is 1. The number of alkyl carbamates (subject to hydrolysis) is 1. The lowest BCUT2D eigenvalue weighted by molar-refractivity contribution is -0.385. The quantitative estimate of drug-likeness (QED) is 0.379. The minimum atomic E-state index is -0.544. The molecule has 0 spiro atoms. The van der Waals surface area contributed by atoms with Crippen LogP contribution in [0.1, 0.15) is 11.1 Å². The molecule has 3 rings (SSSR count). The highest BCUT2D eigenvalue weighted by atomic mass is 35.5. The highest BCUT2D eigenvalue weighted by Gasteiger charge is 2.16. The molecular formula is C22H19ClN2O5. The Bertz CT molecular complexity index is 1010.